The van der Waals surface area contributed by atoms with E-state index in [1.165, 1.54) is 6.92 Å². The first kappa shape index (κ1) is 20.9. The predicted octanol–water partition coefficient (Wildman–Crippen LogP) is 5.81. The lowest BCUT2D eigenvalue weighted by atomic mass is 9.92. The molecule has 0 heterocycles. The van der Waals surface area contributed by atoms with Gasteiger partial charge in [-0.1, -0.05) is 73.5 Å². The first-order chi connectivity index (χ1) is 14.0. The molecule has 0 saturated carbocycles. The third-order valence-corrected chi connectivity index (χ3v) is 5.10. The second-order valence-electron chi connectivity index (χ2n) is 6.92. The number of fused-ring (bicyclic) bond motifs is 1. The van der Waals surface area contributed by atoms with Crippen LogP contribution in [0.15, 0.2) is 60.7 Å². The lowest BCUT2D eigenvalue weighted by Gasteiger charge is -2.24. The number of amides is 1. The number of unbranched alkanes of at least 4 members (excludes halogenated alkanes) is 1. The molecular formula is C24H24ClNO3. The van der Waals surface area contributed by atoms with Gasteiger partial charge in [0.25, 0.3) is 0 Å². The van der Waals surface area contributed by atoms with Gasteiger partial charge < -0.3 is 10.1 Å². The van der Waals surface area contributed by atoms with Gasteiger partial charge >= 0.3 is 5.97 Å². The smallest absolute Gasteiger partial charge is 0.308 e. The van der Waals surface area contributed by atoms with E-state index in [2.05, 4.69) is 5.32 Å². The van der Waals surface area contributed by atoms with Gasteiger partial charge in [0.2, 0.25) is 5.91 Å². The van der Waals surface area contributed by atoms with Crippen molar-refractivity contribution in [1.82, 2.24) is 5.32 Å². The van der Waals surface area contributed by atoms with Crippen molar-refractivity contribution in [3.8, 4) is 5.75 Å². The van der Waals surface area contributed by atoms with Crippen LogP contribution in [0.25, 0.3) is 10.8 Å². The molecule has 0 aliphatic rings. The monoisotopic (exact) mass is 409 g/mol. The van der Waals surface area contributed by atoms with E-state index in [-0.39, 0.29) is 5.91 Å². The van der Waals surface area contributed by atoms with Gasteiger partial charge in [0, 0.05) is 23.9 Å². The van der Waals surface area contributed by atoms with Crippen molar-refractivity contribution in [2.24, 2.45) is 0 Å². The van der Waals surface area contributed by atoms with E-state index in [0.717, 1.165) is 34.7 Å². The topological polar surface area (TPSA) is 55.4 Å². The number of carbonyl (C=O) groups is 2. The zero-order valence-electron chi connectivity index (χ0n) is 16.6. The molecule has 0 unspecified atom stereocenters. The number of esters is 1. The highest BCUT2D eigenvalue weighted by Crippen LogP contribution is 2.38. The van der Waals surface area contributed by atoms with Crippen LogP contribution >= 0.6 is 11.6 Å². The Morgan fingerprint density at radius 3 is 2.48 bits per heavy atom. The third kappa shape index (κ3) is 4.96. The number of rotatable bonds is 7. The fraction of sp³-hybridized carbons (Fsp3) is 0.250. The summed E-state index contributed by atoms with van der Waals surface area (Å²) in [5, 5.41) is 5.53. The molecule has 0 bridgehead atoms. The van der Waals surface area contributed by atoms with Crippen LogP contribution in [0, 0.1) is 0 Å². The van der Waals surface area contributed by atoms with E-state index in [1.807, 2.05) is 55.5 Å². The number of carbonyl (C=O) groups excluding carboxylic acids is 2. The van der Waals surface area contributed by atoms with Gasteiger partial charge in [-0.05, 0) is 34.9 Å². The maximum atomic E-state index is 12.7. The molecule has 3 rings (SSSR count). The quantitative estimate of drug-likeness (QED) is 0.395. The maximum absolute atomic E-state index is 12.7. The van der Waals surface area contributed by atoms with Crippen LogP contribution in [0.1, 0.15) is 50.3 Å². The minimum atomic E-state index is -0.548. The molecule has 0 saturated heterocycles. The number of nitrogens with one attached hydrogen (secondary N) is 1. The zero-order valence-corrected chi connectivity index (χ0v) is 17.3. The van der Waals surface area contributed by atoms with Gasteiger partial charge in [-0.3, -0.25) is 9.59 Å². The van der Waals surface area contributed by atoms with Crippen molar-refractivity contribution in [3.63, 3.8) is 0 Å². The van der Waals surface area contributed by atoms with Crippen LogP contribution in [0.4, 0.5) is 0 Å². The largest absolute Gasteiger partial charge is 0.426 e. The summed E-state index contributed by atoms with van der Waals surface area (Å²) in [6.45, 7) is 3.41. The predicted molar refractivity (Wildman–Crippen MR) is 116 cm³/mol. The molecule has 3 aromatic rings. The highest BCUT2D eigenvalue weighted by atomic mass is 35.5. The van der Waals surface area contributed by atoms with E-state index in [9.17, 15) is 9.59 Å². The Balaban J connectivity index is 2.21. The Kier molecular flexibility index (Phi) is 6.89. The van der Waals surface area contributed by atoms with Crippen molar-refractivity contribution in [1.29, 1.82) is 0 Å². The Morgan fingerprint density at radius 1 is 1.03 bits per heavy atom. The summed E-state index contributed by atoms with van der Waals surface area (Å²) in [7, 11) is 0. The summed E-state index contributed by atoms with van der Waals surface area (Å²) >= 11 is 6.51. The van der Waals surface area contributed by atoms with Crippen molar-refractivity contribution < 1.29 is 14.3 Å². The highest BCUT2D eigenvalue weighted by Gasteiger charge is 2.25. The van der Waals surface area contributed by atoms with Gasteiger partial charge in [-0.2, -0.15) is 0 Å². The number of benzene rings is 3. The molecular weight excluding hydrogens is 386 g/mol. The number of hydrogen-bond acceptors (Lipinski definition) is 3. The molecule has 1 amide bonds. The van der Waals surface area contributed by atoms with Gasteiger partial charge in [0.05, 0.1) is 6.04 Å². The summed E-state index contributed by atoms with van der Waals surface area (Å²) in [4.78, 5) is 24.4. The second-order valence-corrected chi connectivity index (χ2v) is 7.32. The van der Waals surface area contributed by atoms with Crippen LogP contribution in [0.2, 0.25) is 5.02 Å². The molecule has 1 N–H and O–H groups in total. The van der Waals surface area contributed by atoms with Crippen LogP contribution in [-0.2, 0) is 9.59 Å². The lowest BCUT2D eigenvalue weighted by molar-refractivity contribution is -0.131. The fourth-order valence-corrected chi connectivity index (χ4v) is 3.65. The first-order valence-electron chi connectivity index (χ1n) is 9.75. The number of ether oxygens (including phenoxy) is 1. The molecule has 0 aromatic heterocycles. The summed E-state index contributed by atoms with van der Waals surface area (Å²) < 4.78 is 5.53. The average Bonchev–Trinajstić information content (AvgIpc) is 2.71. The SMILES string of the molecule is CCCCC(=O)N[C@@H](c1ccccc1Cl)c1c(OC(C)=O)ccc2ccccc12. The molecule has 4 nitrogen and oxygen atoms in total. The molecule has 0 spiro atoms. The summed E-state index contributed by atoms with van der Waals surface area (Å²) in [6.07, 6.45) is 2.15. The minimum absolute atomic E-state index is 0.0709. The van der Waals surface area contributed by atoms with E-state index in [0.29, 0.717) is 17.2 Å². The Bertz CT molecular complexity index is 1030. The van der Waals surface area contributed by atoms with E-state index in [4.69, 9.17) is 16.3 Å². The highest BCUT2D eigenvalue weighted by molar-refractivity contribution is 6.31. The number of hydrogen-bond donors (Lipinski definition) is 1. The molecule has 1 atom stereocenters. The van der Waals surface area contributed by atoms with Crippen LogP contribution in [0.3, 0.4) is 0 Å². The standard InChI is InChI=1S/C24H24ClNO3/c1-3-4-13-22(28)26-24(19-11-7-8-12-20(19)25)23-18-10-6-5-9-17(18)14-15-21(23)29-16(2)27/h5-12,14-15,24H,3-4,13H2,1-2H3,(H,26,28)/t24-/m0/s1. The van der Waals surface area contributed by atoms with Gasteiger partial charge in [-0.25, -0.2) is 0 Å². The summed E-state index contributed by atoms with van der Waals surface area (Å²) in [5.41, 5.74) is 1.47. The van der Waals surface area contributed by atoms with Gasteiger partial charge in [0.15, 0.2) is 0 Å². The van der Waals surface area contributed by atoms with Crippen molar-refractivity contribution >= 4 is 34.2 Å². The zero-order chi connectivity index (χ0) is 20.8. The van der Waals surface area contributed by atoms with E-state index >= 15 is 0 Å². The molecule has 150 valence electrons. The van der Waals surface area contributed by atoms with Crippen molar-refractivity contribution in [2.45, 2.75) is 39.2 Å². The number of halogens is 1. The van der Waals surface area contributed by atoms with Crippen LogP contribution < -0.4 is 10.1 Å². The molecule has 0 fully saturated rings. The van der Waals surface area contributed by atoms with Crippen molar-refractivity contribution in [3.05, 3.63) is 76.8 Å². The molecule has 29 heavy (non-hydrogen) atoms. The normalized spacial score (nSPS) is 11.8. The molecule has 0 aliphatic heterocycles. The Morgan fingerprint density at radius 2 is 1.76 bits per heavy atom. The minimum Gasteiger partial charge on any atom is -0.426 e. The molecule has 0 radical (unpaired) electrons. The van der Waals surface area contributed by atoms with E-state index in [1.54, 1.807) is 12.1 Å². The molecule has 5 heteroatoms. The first-order valence-corrected chi connectivity index (χ1v) is 10.1. The van der Waals surface area contributed by atoms with Crippen LogP contribution in [-0.4, -0.2) is 11.9 Å². The van der Waals surface area contributed by atoms with Crippen molar-refractivity contribution in [2.75, 3.05) is 0 Å². The Hall–Kier alpha value is -2.85. The Labute approximate surface area is 175 Å². The average molecular weight is 410 g/mol. The summed E-state index contributed by atoms with van der Waals surface area (Å²) in [5.74, 6) is -0.0767. The maximum Gasteiger partial charge on any atom is 0.308 e. The van der Waals surface area contributed by atoms with E-state index < -0.39 is 12.0 Å². The van der Waals surface area contributed by atoms with Gasteiger partial charge in [0.1, 0.15) is 5.75 Å². The lowest BCUT2D eigenvalue weighted by Crippen LogP contribution is -2.30. The fourth-order valence-electron chi connectivity index (χ4n) is 3.40. The summed E-state index contributed by atoms with van der Waals surface area (Å²) in [6, 6.07) is 18.3. The molecule has 0 aliphatic carbocycles. The van der Waals surface area contributed by atoms with Crippen LogP contribution in [0.5, 0.6) is 5.75 Å². The second kappa shape index (κ2) is 9.57. The molecule has 3 aromatic carbocycles. The third-order valence-electron chi connectivity index (χ3n) is 4.75. The van der Waals surface area contributed by atoms with Gasteiger partial charge in [-0.15, -0.1) is 0 Å².